The molecule has 92 valence electrons. The first-order chi connectivity index (χ1) is 8.27. The molecule has 0 aliphatic rings. The maximum atomic E-state index is 8.80. The van der Waals surface area contributed by atoms with Gasteiger partial charge in [-0.2, -0.15) is 5.26 Å². The summed E-state index contributed by atoms with van der Waals surface area (Å²) in [5.41, 5.74) is 6.52. The van der Waals surface area contributed by atoms with Crippen LogP contribution >= 0.6 is 0 Å². The highest BCUT2D eigenvalue weighted by Gasteiger charge is 2.00. The third kappa shape index (κ3) is 4.75. The lowest BCUT2D eigenvalue weighted by molar-refractivity contribution is 0.0980. The van der Waals surface area contributed by atoms with Gasteiger partial charge in [0.25, 0.3) is 0 Å². The van der Waals surface area contributed by atoms with Crippen molar-refractivity contribution >= 4 is 5.69 Å². The molecule has 0 amide bonds. The lowest BCUT2D eigenvalue weighted by Gasteiger charge is -2.07. The maximum absolute atomic E-state index is 8.80. The van der Waals surface area contributed by atoms with Crippen molar-refractivity contribution in [2.45, 2.75) is 19.8 Å². The number of hydrogen-bond acceptors (Lipinski definition) is 4. The lowest BCUT2D eigenvalue weighted by Crippen LogP contribution is -2.07. The molecule has 0 radical (unpaired) electrons. The van der Waals surface area contributed by atoms with E-state index in [1.54, 1.807) is 18.2 Å². The summed E-state index contributed by atoms with van der Waals surface area (Å²) < 4.78 is 10.8. The SMILES string of the molecule is CCCCOCCOc1ccc(N)c(C#N)c1. The number of anilines is 1. The Morgan fingerprint density at radius 1 is 1.29 bits per heavy atom. The van der Waals surface area contributed by atoms with E-state index in [4.69, 9.17) is 20.5 Å². The number of nitrogen functional groups attached to an aromatic ring is 1. The summed E-state index contributed by atoms with van der Waals surface area (Å²) in [6.45, 7) is 3.94. The number of hydrogen-bond donors (Lipinski definition) is 1. The molecule has 0 bridgehead atoms. The van der Waals surface area contributed by atoms with E-state index >= 15 is 0 Å². The van der Waals surface area contributed by atoms with Crippen molar-refractivity contribution in [3.8, 4) is 11.8 Å². The van der Waals surface area contributed by atoms with Gasteiger partial charge in [-0.05, 0) is 24.6 Å². The average Bonchev–Trinajstić information content (AvgIpc) is 2.35. The predicted molar refractivity (Wildman–Crippen MR) is 66.8 cm³/mol. The van der Waals surface area contributed by atoms with E-state index in [9.17, 15) is 0 Å². The number of rotatable bonds is 7. The fourth-order valence-electron chi connectivity index (χ4n) is 1.29. The van der Waals surface area contributed by atoms with E-state index in [1.807, 2.05) is 6.07 Å². The Kier molecular flexibility index (Phi) is 5.91. The van der Waals surface area contributed by atoms with Gasteiger partial charge in [0, 0.05) is 12.3 Å². The standard InChI is InChI=1S/C13H18N2O2/c1-2-3-6-16-7-8-17-12-4-5-13(15)11(9-12)10-14/h4-5,9H,2-3,6-8,15H2,1H3. The zero-order valence-corrected chi connectivity index (χ0v) is 10.1. The third-order valence-electron chi connectivity index (χ3n) is 2.28. The first-order valence-corrected chi connectivity index (χ1v) is 5.78. The zero-order chi connectivity index (χ0) is 12.5. The van der Waals surface area contributed by atoms with Gasteiger partial charge in [0.05, 0.1) is 12.2 Å². The van der Waals surface area contributed by atoms with Crippen molar-refractivity contribution in [1.29, 1.82) is 5.26 Å². The molecule has 17 heavy (non-hydrogen) atoms. The first kappa shape index (κ1) is 13.3. The van der Waals surface area contributed by atoms with Crippen LogP contribution in [0.3, 0.4) is 0 Å². The third-order valence-corrected chi connectivity index (χ3v) is 2.28. The van der Waals surface area contributed by atoms with E-state index in [0.29, 0.717) is 30.2 Å². The van der Waals surface area contributed by atoms with Crippen molar-refractivity contribution in [1.82, 2.24) is 0 Å². The first-order valence-electron chi connectivity index (χ1n) is 5.78. The minimum atomic E-state index is 0.439. The van der Waals surface area contributed by atoms with Crippen LogP contribution in [0, 0.1) is 11.3 Å². The predicted octanol–water partition coefficient (Wildman–Crippen LogP) is 2.34. The molecule has 4 heteroatoms. The normalized spacial score (nSPS) is 9.88. The van der Waals surface area contributed by atoms with Crippen molar-refractivity contribution in [2.75, 3.05) is 25.6 Å². The minimum absolute atomic E-state index is 0.439. The van der Waals surface area contributed by atoms with Crippen molar-refractivity contribution in [3.05, 3.63) is 23.8 Å². The second-order valence-electron chi connectivity index (χ2n) is 3.68. The summed E-state index contributed by atoms with van der Waals surface area (Å²) in [6.07, 6.45) is 2.20. The summed E-state index contributed by atoms with van der Waals surface area (Å²) in [5, 5.41) is 8.80. The molecule has 0 aromatic heterocycles. The summed E-state index contributed by atoms with van der Waals surface area (Å²) in [4.78, 5) is 0. The van der Waals surface area contributed by atoms with E-state index in [1.165, 1.54) is 0 Å². The molecular weight excluding hydrogens is 216 g/mol. The van der Waals surface area contributed by atoms with Gasteiger partial charge in [0.15, 0.2) is 0 Å². The Morgan fingerprint density at radius 3 is 2.82 bits per heavy atom. The molecule has 1 aromatic rings. The molecule has 0 spiro atoms. The Bertz CT molecular complexity index is 385. The van der Waals surface area contributed by atoms with Gasteiger partial charge in [0.1, 0.15) is 18.4 Å². The van der Waals surface area contributed by atoms with Gasteiger partial charge >= 0.3 is 0 Å². The highest BCUT2D eigenvalue weighted by Crippen LogP contribution is 2.18. The molecular formula is C13H18N2O2. The van der Waals surface area contributed by atoms with Crippen LogP contribution in [0.25, 0.3) is 0 Å². The average molecular weight is 234 g/mol. The fraction of sp³-hybridized carbons (Fsp3) is 0.462. The Balaban J connectivity index is 2.30. The molecule has 1 rings (SSSR count). The Labute approximate surface area is 102 Å². The second-order valence-corrected chi connectivity index (χ2v) is 3.68. The number of nitrogens with two attached hydrogens (primary N) is 1. The molecule has 2 N–H and O–H groups in total. The van der Waals surface area contributed by atoms with E-state index in [2.05, 4.69) is 6.92 Å². The number of benzene rings is 1. The minimum Gasteiger partial charge on any atom is -0.491 e. The highest BCUT2D eigenvalue weighted by atomic mass is 16.5. The van der Waals surface area contributed by atoms with Crippen LogP contribution in [0.2, 0.25) is 0 Å². The van der Waals surface area contributed by atoms with Crippen LogP contribution in [0.1, 0.15) is 25.3 Å². The molecule has 0 aliphatic carbocycles. The van der Waals surface area contributed by atoms with Crippen LogP contribution in [-0.2, 0) is 4.74 Å². The second kappa shape index (κ2) is 7.53. The van der Waals surface area contributed by atoms with Gasteiger partial charge in [0.2, 0.25) is 0 Å². The van der Waals surface area contributed by atoms with Gasteiger partial charge in [-0.3, -0.25) is 0 Å². The van der Waals surface area contributed by atoms with Gasteiger partial charge < -0.3 is 15.2 Å². The summed E-state index contributed by atoms with van der Waals surface area (Å²) in [7, 11) is 0. The fourth-order valence-corrected chi connectivity index (χ4v) is 1.29. The van der Waals surface area contributed by atoms with Crippen molar-refractivity contribution in [3.63, 3.8) is 0 Å². The van der Waals surface area contributed by atoms with E-state index in [0.717, 1.165) is 19.4 Å². The molecule has 0 unspecified atom stereocenters. The molecule has 0 fully saturated rings. The molecule has 0 saturated carbocycles. The molecule has 1 aromatic carbocycles. The molecule has 0 saturated heterocycles. The van der Waals surface area contributed by atoms with Crippen LogP contribution < -0.4 is 10.5 Å². The number of ether oxygens (including phenoxy) is 2. The largest absolute Gasteiger partial charge is 0.491 e. The van der Waals surface area contributed by atoms with Crippen LogP contribution in [0.4, 0.5) is 5.69 Å². The molecule has 0 aliphatic heterocycles. The topological polar surface area (TPSA) is 68.3 Å². The number of unbranched alkanes of at least 4 members (excludes halogenated alkanes) is 1. The van der Waals surface area contributed by atoms with Crippen LogP contribution in [-0.4, -0.2) is 19.8 Å². The van der Waals surface area contributed by atoms with Crippen molar-refractivity contribution < 1.29 is 9.47 Å². The summed E-state index contributed by atoms with van der Waals surface area (Å²) in [5.74, 6) is 0.648. The van der Waals surface area contributed by atoms with E-state index < -0.39 is 0 Å². The number of nitrogens with zero attached hydrogens (tertiary/aromatic N) is 1. The molecule has 0 atom stereocenters. The lowest BCUT2D eigenvalue weighted by atomic mass is 10.2. The van der Waals surface area contributed by atoms with Gasteiger partial charge in [-0.15, -0.1) is 0 Å². The molecule has 4 nitrogen and oxygen atoms in total. The highest BCUT2D eigenvalue weighted by molar-refractivity contribution is 5.56. The van der Waals surface area contributed by atoms with Crippen LogP contribution in [0.5, 0.6) is 5.75 Å². The van der Waals surface area contributed by atoms with Crippen LogP contribution in [0.15, 0.2) is 18.2 Å². The quantitative estimate of drug-likeness (QED) is 0.580. The van der Waals surface area contributed by atoms with E-state index in [-0.39, 0.29) is 0 Å². The van der Waals surface area contributed by atoms with Gasteiger partial charge in [-0.25, -0.2) is 0 Å². The van der Waals surface area contributed by atoms with Gasteiger partial charge in [-0.1, -0.05) is 13.3 Å². The smallest absolute Gasteiger partial charge is 0.120 e. The molecule has 0 heterocycles. The van der Waals surface area contributed by atoms with Crippen molar-refractivity contribution in [2.24, 2.45) is 0 Å². The number of nitriles is 1. The Hall–Kier alpha value is -1.73. The monoisotopic (exact) mass is 234 g/mol. The Morgan fingerprint density at radius 2 is 2.12 bits per heavy atom. The maximum Gasteiger partial charge on any atom is 0.120 e. The summed E-state index contributed by atoms with van der Waals surface area (Å²) >= 11 is 0. The zero-order valence-electron chi connectivity index (χ0n) is 10.1. The summed E-state index contributed by atoms with van der Waals surface area (Å²) in [6, 6.07) is 7.08.